The number of rotatable bonds is 4. The van der Waals surface area contributed by atoms with E-state index < -0.39 is 5.97 Å². The Morgan fingerprint density at radius 2 is 1.81 bits per heavy atom. The zero-order valence-corrected chi connectivity index (χ0v) is 14.7. The van der Waals surface area contributed by atoms with Crippen LogP contribution in [0.5, 0.6) is 0 Å². The van der Waals surface area contributed by atoms with E-state index in [1.807, 2.05) is 23.1 Å². The summed E-state index contributed by atoms with van der Waals surface area (Å²) in [4.78, 5) is 15.0. The van der Waals surface area contributed by atoms with Crippen molar-refractivity contribution in [1.82, 2.24) is 15.0 Å². The van der Waals surface area contributed by atoms with Crippen LogP contribution in [0.25, 0.3) is 5.69 Å². The lowest BCUT2D eigenvalue weighted by Crippen LogP contribution is -2.22. The van der Waals surface area contributed by atoms with E-state index in [1.165, 1.54) is 10.4 Å². The smallest absolute Gasteiger partial charge is 0.360 e. The number of nitrogens with zero attached hydrogens (tertiary/aromatic N) is 4. The van der Waals surface area contributed by atoms with E-state index in [-0.39, 0.29) is 5.69 Å². The Bertz CT molecular complexity index is 924. The van der Waals surface area contributed by atoms with E-state index in [2.05, 4.69) is 22.3 Å². The Labute approximate surface area is 155 Å². The number of benzene rings is 2. The van der Waals surface area contributed by atoms with E-state index in [1.54, 1.807) is 24.3 Å². The van der Waals surface area contributed by atoms with Crippen LogP contribution in [-0.4, -0.2) is 39.2 Å². The standard InChI is InChI=1S/C19H17ClN4O2/c20-15-6-8-16(9-7-15)24-21-17(19(25)26)18(22-24)23-11-10-14(12-23)13-4-2-1-3-5-13/h1-9,14H,10-12H2,(H,25,26)/t14-/m0/s1. The monoisotopic (exact) mass is 368 g/mol. The molecule has 26 heavy (non-hydrogen) atoms. The molecule has 0 spiro atoms. The number of anilines is 1. The Balaban J connectivity index is 1.64. The predicted molar refractivity (Wildman–Crippen MR) is 99.3 cm³/mol. The molecule has 6 nitrogen and oxygen atoms in total. The number of hydrogen-bond acceptors (Lipinski definition) is 4. The van der Waals surface area contributed by atoms with Crippen molar-refractivity contribution < 1.29 is 9.90 Å². The fraction of sp³-hybridized carbons (Fsp3) is 0.211. The topological polar surface area (TPSA) is 71.2 Å². The van der Waals surface area contributed by atoms with Gasteiger partial charge in [-0.1, -0.05) is 41.9 Å². The summed E-state index contributed by atoms with van der Waals surface area (Å²) in [6, 6.07) is 17.2. The zero-order chi connectivity index (χ0) is 18.1. The third-order valence-electron chi connectivity index (χ3n) is 4.61. The number of carbonyl (C=O) groups is 1. The molecule has 0 amide bonds. The molecule has 2 aromatic carbocycles. The molecule has 0 bridgehead atoms. The number of carboxylic acids is 1. The van der Waals surface area contributed by atoms with Crippen LogP contribution in [0.4, 0.5) is 5.82 Å². The highest BCUT2D eigenvalue weighted by Crippen LogP contribution is 2.31. The first-order valence-electron chi connectivity index (χ1n) is 8.38. The third-order valence-corrected chi connectivity index (χ3v) is 4.87. The maximum Gasteiger partial charge on any atom is 0.360 e. The van der Waals surface area contributed by atoms with Gasteiger partial charge in [0.2, 0.25) is 5.69 Å². The summed E-state index contributed by atoms with van der Waals surface area (Å²) in [7, 11) is 0. The summed E-state index contributed by atoms with van der Waals surface area (Å²) < 4.78 is 0. The van der Waals surface area contributed by atoms with Crippen LogP contribution in [0.15, 0.2) is 54.6 Å². The molecule has 1 atom stereocenters. The first-order valence-corrected chi connectivity index (χ1v) is 8.76. The molecular weight excluding hydrogens is 352 g/mol. The average Bonchev–Trinajstić information content (AvgIpc) is 3.30. The number of aromatic nitrogens is 3. The Kier molecular flexibility index (Phi) is 4.34. The predicted octanol–water partition coefficient (Wildman–Crippen LogP) is 3.61. The highest BCUT2D eigenvalue weighted by atomic mass is 35.5. The van der Waals surface area contributed by atoms with Crippen LogP contribution in [0.3, 0.4) is 0 Å². The van der Waals surface area contributed by atoms with Gasteiger partial charge in [0.1, 0.15) is 0 Å². The van der Waals surface area contributed by atoms with Gasteiger partial charge in [0.15, 0.2) is 5.82 Å². The molecule has 1 saturated heterocycles. The minimum absolute atomic E-state index is 0.0336. The van der Waals surface area contributed by atoms with Crippen LogP contribution < -0.4 is 4.90 Å². The minimum atomic E-state index is -1.08. The second-order valence-electron chi connectivity index (χ2n) is 6.29. The van der Waals surface area contributed by atoms with Gasteiger partial charge in [0.25, 0.3) is 0 Å². The summed E-state index contributed by atoms with van der Waals surface area (Å²) in [5, 5.41) is 18.8. The van der Waals surface area contributed by atoms with Gasteiger partial charge < -0.3 is 10.0 Å². The number of hydrogen-bond donors (Lipinski definition) is 1. The molecule has 1 N–H and O–H groups in total. The van der Waals surface area contributed by atoms with Crippen LogP contribution >= 0.6 is 11.6 Å². The summed E-state index contributed by atoms with van der Waals surface area (Å²) >= 11 is 5.91. The highest BCUT2D eigenvalue weighted by Gasteiger charge is 2.30. The Morgan fingerprint density at radius 1 is 1.08 bits per heavy atom. The van der Waals surface area contributed by atoms with Gasteiger partial charge in [-0.3, -0.25) is 0 Å². The van der Waals surface area contributed by atoms with Crippen molar-refractivity contribution in [3.8, 4) is 5.69 Å². The molecule has 0 unspecified atom stereocenters. The molecule has 1 aromatic heterocycles. The minimum Gasteiger partial charge on any atom is -0.476 e. The van der Waals surface area contributed by atoms with E-state index in [0.29, 0.717) is 22.4 Å². The highest BCUT2D eigenvalue weighted by molar-refractivity contribution is 6.30. The van der Waals surface area contributed by atoms with E-state index in [4.69, 9.17) is 11.6 Å². The maximum atomic E-state index is 11.7. The van der Waals surface area contributed by atoms with Crippen molar-refractivity contribution in [2.75, 3.05) is 18.0 Å². The van der Waals surface area contributed by atoms with E-state index in [9.17, 15) is 9.90 Å². The van der Waals surface area contributed by atoms with Gasteiger partial charge in [-0.15, -0.1) is 15.0 Å². The summed E-state index contributed by atoms with van der Waals surface area (Å²) in [5.41, 5.74) is 1.90. The lowest BCUT2D eigenvalue weighted by Gasteiger charge is -2.16. The zero-order valence-electron chi connectivity index (χ0n) is 13.9. The fourth-order valence-electron chi connectivity index (χ4n) is 3.29. The van der Waals surface area contributed by atoms with Crippen LogP contribution in [0.1, 0.15) is 28.4 Å². The van der Waals surface area contributed by atoms with Gasteiger partial charge in [0, 0.05) is 24.0 Å². The molecule has 3 aromatic rings. The molecular formula is C19H17ClN4O2. The second-order valence-corrected chi connectivity index (χ2v) is 6.72. The van der Waals surface area contributed by atoms with Gasteiger partial charge in [-0.05, 0) is 36.2 Å². The Morgan fingerprint density at radius 3 is 2.50 bits per heavy atom. The lowest BCUT2D eigenvalue weighted by molar-refractivity contribution is 0.0690. The molecule has 7 heteroatoms. The fourth-order valence-corrected chi connectivity index (χ4v) is 3.42. The number of aromatic carboxylic acids is 1. The normalized spacial score (nSPS) is 16.8. The van der Waals surface area contributed by atoms with Crippen LogP contribution in [0.2, 0.25) is 5.02 Å². The van der Waals surface area contributed by atoms with Gasteiger partial charge >= 0.3 is 5.97 Å². The van der Waals surface area contributed by atoms with Gasteiger partial charge in [0.05, 0.1) is 5.69 Å². The molecule has 1 aliphatic heterocycles. The van der Waals surface area contributed by atoms with Crippen LogP contribution in [-0.2, 0) is 0 Å². The molecule has 1 aliphatic rings. The van der Waals surface area contributed by atoms with Crippen molar-refractivity contribution in [1.29, 1.82) is 0 Å². The van der Waals surface area contributed by atoms with E-state index >= 15 is 0 Å². The molecule has 1 fully saturated rings. The second kappa shape index (κ2) is 6.80. The SMILES string of the molecule is O=C(O)c1nn(-c2ccc(Cl)cc2)nc1N1CC[C@H](c2ccccc2)C1. The van der Waals surface area contributed by atoms with Crippen molar-refractivity contribution >= 4 is 23.4 Å². The Hall–Kier alpha value is -2.86. The molecule has 0 saturated carbocycles. The average molecular weight is 369 g/mol. The van der Waals surface area contributed by atoms with Crippen LogP contribution in [0, 0.1) is 0 Å². The molecule has 0 radical (unpaired) electrons. The summed E-state index contributed by atoms with van der Waals surface area (Å²) in [5.74, 6) is -0.312. The number of halogens is 1. The molecule has 0 aliphatic carbocycles. The maximum absolute atomic E-state index is 11.7. The largest absolute Gasteiger partial charge is 0.476 e. The van der Waals surface area contributed by atoms with Gasteiger partial charge in [-0.2, -0.15) is 0 Å². The van der Waals surface area contributed by atoms with Crippen molar-refractivity contribution in [2.24, 2.45) is 0 Å². The molecule has 132 valence electrons. The van der Waals surface area contributed by atoms with Crippen molar-refractivity contribution in [2.45, 2.75) is 12.3 Å². The first kappa shape index (κ1) is 16.6. The van der Waals surface area contributed by atoms with Gasteiger partial charge in [-0.25, -0.2) is 4.79 Å². The first-order chi connectivity index (χ1) is 12.6. The lowest BCUT2D eigenvalue weighted by atomic mass is 9.99. The van der Waals surface area contributed by atoms with E-state index in [0.717, 1.165) is 19.5 Å². The number of carboxylic acid groups (broad SMARTS) is 1. The van der Waals surface area contributed by atoms with Crippen molar-refractivity contribution in [3.63, 3.8) is 0 Å². The summed E-state index contributed by atoms with van der Waals surface area (Å²) in [6.45, 7) is 1.47. The quantitative estimate of drug-likeness (QED) is 0.761. The molecule has 4 rings (SSSR count). The third kappa shape index (κ3) is 3.15. The summed E-state index contributed by atoms with van der Waals surface area (Å²) in [6.07, 6.45) is 0.955. The molecule has 2 heterocycles. The van der Waals surface area contributed by atoms with Crippen molar-refractivity contribution in [3.05, 3.63) is 70.9 Å².